The summed E-state index contributed by atoms with van der Waals surface area (Å²) in [6, 6.07) is 0. The third-order valence-corrected chi connectivity index (χ3v) is 2.71. The number of carbonyl (C=O) groups is 1. The molecule has 0 spiro atoms. The predicted molar refractivity (Wildman–Crippen MR) is 64.0 cm³/mol. The van der Waals surface area contributed by atoms with E-state index in [0.717, 1.165) is 17.0 Å². The highest BCUT2D eigenvalue weighted by atomic mass is 16.1. The van der Waals surface area contributed by atoms with Crippen LogP contribution in [0.1, 0.15) is 37.2 Å². The van der Waals surface area contributed by atoms with Gasteiger partial charge in [-0.2, -0.15) is 5.10 Å². The average molecular weight is 223 g/mol. The third kappa shape index (κ3) is 3.08. The van der Waals surface area contributed by atoms with E-state index in [1.54, 1.807) is 0 Å². The van der Waals surface area contributed by atoms with Crippen LogP contribution < -0.4 is 5.32 Å². The highest BCUT2D eigenvalue weighted by Gasteiger charge is 2.10. The van der Waals surface area contributed by atoms with Crippen molar-refractivity contribution in [3.8, 4) is 0 Å². The van der Waals surface area contributed by atoms with Crippen LogP contribution in [0.3, 0.4) is 0 Å². The minimum atomic E-state index is 0.109. The topological polar surface area (TPSA) is 46.9 Å². The standard InChI is InChI=1S/C12H21N3O/c1-8(2)6-12(16)13-7-11-9(3)14-15(5)10(11)4/h8H,6-7H2,1-5H3,(H,13,16). The summed E-state index contributed by atoms with van der Waals surface area (Å²) in [5.41, 5.74) is 3.23. The first-order valence-electron chi connectivity index (χ1n) is 5.67. The second kappa shape index (κ2) is 5.14. The maximum Gasteiger partial charge on any atom is 0.220 e. The molecule has 16 heavy (non-hydrogen) atoms. The van der Waals surface area contributed by atoms with Crippen LogP contribution in [-0.2, 0) is 18.4 Å². The molecule has 0 radical (unpaired) electrons. The van der Waals surface area contributed by atoms with Crippen LogP contribution in [0.25, 0.3) is 0 Å². The zero-order chi connectivity index (χ0) is 12.3. The number of nitrogens with one attached hydrogen (secondary N) is 1. The average Bonchev–Trinajstić information content (AvgIpc) is 2.38. The van der Waals surface area contributed by atoms with Gasteiger partial charge in [0.25, 0.3) is 0 Å². The van der Waals surface area contributed by atoms with E-state index in [0.29, 0.717) is 18.9 Å². The molecule has 0 aliphatic rings. The molecule has 0 aliphatic heterocycles. The lowest BCUT2D eigenvalue weighted by Gasteiger charge is -2.07. The Balaban J connectivity index is 2.58. The summed E-state index contributed by atoms with van der Waals surface area (Å²) in [4.78, 5) is 11.5. The van der Waals surface area contributed by atoms with Crippen LogP contribution in [0.15, 0.2) is 0 Å². The molecule has 0 atom stereocenters. The van der Waals surface area contributed by atoms with Gasteiger partial charge in [0.2, 0.25) is 5.91 Å². The van der Waals surface area contributed by atoms with E-state index in [9.17, 15) is 4.79 Å². The maximum absolute atomic E-state index is 11.5. The Morgan fingerprint density at radius 1 is 1.44 bits per heavy atom. The first-order chi connectivity index (χ1) is 7.41. The van der Waals surface area contributed by atoms with Gasteiger partial charge in [0.15, 0.2) is 0 Å². The Labute approximate surface area is 97.0 Å². The Morgan fingerprint density at radius 3 is 2.50 bits per heavy atom. The SMILES string of the molecule is Cc1nn(C)c(C)c1CNC(=O)CC(C)C. The Hall–Kier alpha value is -1.32. The largest absolute Gasteiger partial charge is 0.352 e. The molecule has 0 bridgehead atoms. The van der Waals surface area contributed by atoms with Gasteiger partial charge in [0.1, 0.15) is 0 Å². The lowest BCUT2D eigenvalue weighted by atomic mass is 10.1. The normalized spacial score (nSPS) is 10.9. The predicted octanol–water partition coefficient (Wildman–Crippen LogP) is 1.70. The van der Waals surface area contributed by atoms with Crippen LogP contribution in [0, 0.1) is 19.8 Å². The molecule has 1 N–H and O–H groups in total. The highest BCUT2D eigenvalue weighted by Crippen LogP contribution is 2.11. The van der Waals surface area contributed by atoms with Gasteiger partial charge in [-0.3, -0.25) is 9.48 Å². The number of carbonyl (C=O) groups excluding carboxylic acids is 1. The lowest BCUT2D eigenvalue weighted by molar-refractivity contribution is -0.121. The first-order valence-corrected chi connectivity index (χ1v) is 5.67. The molecule has 0 saturated heterocycles. The van der Waals surface area contributed by atoms with E-state index < -0.39 is 0 Å². The van der Waals surface area contributed by atoms with Gasteiger partial charge in [-0.25, -0.2) is 0 Å². The van der Waals surface area contributed by atoms with Crippen molar-refractivity contribution < 1.29 is 4.79 Å². The molecule has 90 valence electrons. The van der Waals surface area contributed by atoms with Crippen LogP contribution >= 0.6 is 0 Å². The van der Waals surface area contributed by atoms with E-state index >= 15 is 0 Å². The van der Waals surface area contributed by atoms with Crippen LogP contribution in [0.4, 0.5) is 0 Å². The molecule has 0 fully saturated rings. The van der Waals surface area contributed by atoms with Crippen molar-refractivity contribution >= 4 is 5.91 Å². The quantitative estimate of drug-likeness (QED) is 0.844. The number of aromatic nitrogens is 2. The fourth-order valence-corrected chi connectivity index (χ4v) is 1.70. The minimum Gasteiger partial charge on any atom is -0.352 e. The summed E-state index contributed by atoms with van der Waals surface area (Å²) < 4.78 is 1.85. The summed E-state index contributed by atoms with van der Waals surface area (Å²) in [6.07, 6.45) is 0.582. The molecule has 0 aliphatic carbocycles. The molecule has 1 aromatic heterocycles. The second-order valence-corrected chi connectivity index (χ2v) is 4.65. The third-order valence-electron chi connectivity index (χ3n) is 2.71. The number of amides is 1. The van der Waals surface area contributed by atoms with E-state index in [1.807, 2.05) is 39.4 Å². The van der Waals surface area contributed by atoms with Crippen molar-refractivity contribution in [3.63, 3.8) is 0 Å². The number of hydrogen-bond acceptors (Lipinski definition) is 2. The van der Waals surface area contributed by atoms with Gasteiger partial charge in [-0.05, 0) is 19.8 Å². The molecule has 1 amide bonds. The molecule has 0 saturated carbocycles. The van der Waals surface area contributed by atoms with Crippen molar-refractivity contribution in [2.75, 3.05) is 0 Å². The molecule has 1 rings (SSSR count). The van der Waals surface area contributed by atoms with Crippen molar-refractivity contribution in [3.05, 3.63) is 17.0 Å². The van der Waals surface area contributed by atoms with Gasteiger partial charge in [0, 0.05) is 31.3 Å². The van der Waals surface area contributed by atoms with Gasteiger partial charge in [-0.15, -0.1) is 0 Å². The zero-order valence-corrected chi connectivity index (χ0v) is 10.8. The lowest BCUT2D eigenvalue weighted by Crippen LogP contribution is -2.24. The van der Waals surface area contributed by atoms with Crippen LogP contribution in [0.5, 0.6) is 0 Å². The summed E-state index contributed by atoms with van der Waals surface area (Å²) in [6.45, 7) is 8.65. The zero-order valence-electron chi connectivity index (χ0n) is 10.8. The fourth-order valence-electron chi connectivity index (χ4n) is 1.70. The molecule has 1 aromatic rings. The van der Waals surface area contributed by atoms with Crippen LogP contribution in [0.2, 0.25) is 0 Å². The minimum absolute atomic E-state index is 0.109. The van der Waals surface area contributed by atoms with Crippen molar-refractivity contribution in [1.82, 2.24) is 15.1 Å². The summed E-state index contributed by atoms with van der Waals surface area (Å²) in [5.74, 6) is 0.508. The smallest absolute Gasteiger partial charge is 0.220 e. The monoisotopic (exact) mass is 223 g/mol. The molecule has 0 aromatic carbocycles. The van der Waals surface area contributed by atoms with E-state index in [2.05, 4.69) is 10.4 Å². The summed E-state index contributed by atoms with van der Waals surface area (Å²) in [5, 5.41) is 7.25. The molecular weight excluding hydrogens is 202 g/mol. The maximum atomic E-state index is 11.5. The molecular formula is C12H21N3O. The summed E-state index contributed by atoms with van der Waals surface area (Å²) >= 11 is 0. The van der Waals surface area contributed by atoms with Crippen molar-refractivity contribution in [2.24, 2.45) is 13.0 Å². The van der Waals surface area contributed by atoms with Gasteiger partial charge < -0.3 is 5.32 Å². The Bertz CT molecular complexity index is 380. The number of aryl methyl sites for hydroxylation is 2. The Kier molecular flexibility index (Phi) is 4.10. The molecule has 0 unspecified atom stereocenters. The van der Waals surface area contributed by atoms with Crippen molar-refractivity contribution in [2.45, 2.75) is 40.7 Å². The first kappa shape index (κ1) is 12.7. The van der Waals surface area contributed by atoms with Gasteiger partial charge in [0.05, 0.1) is 5.69 Å². The van der Waals surface area contributed by atoms with Crippen molar-refractivity contribution in [1.29, 1.82) is 0 Å². The van der Waals surface area contributed by atoms with E-state index in [4.69, 9.17) is 0 Å². The van der Waals surface area contributed by atoms with Gasteiger partial charge in [-0.1, -0.05) is 13.8 Å². The molecule has 4 nitrogen and oxygen atoms in total. The molecule has 4 heteroatoms. The fraction of sp³-hybridized carbons (Fsp3) is 0.667. The van der Waals surface area contributed by atoms with E-state index in [-0.39, 0.29) is 5.91 Å². The van der Waals surface area contributed by atoms with Gasteiger partial charge >= 0.3 is 0 Å². The number of hydrogen-bond donors (Lipinski definition) is 1. The number of rotatable bonds is 4. The second-order valence-electron chi connectivity index (χ2n) is 4.65. The highest BCUT2D eigenvalue weighted by molar-refractivity contribution is 5.76. The molecule has 1 heterocycles. The number of nitrogens with zero attached hydrogens (tertiary/aromatic N) is 2. The van der Waals surface area contributed by atoms with Crippen LogP contribution in [-0.4, -0.2) is 15.7 Å². The van der Waals surface area contributed by atoms with E-state index in [1.165, 1.54) is 0 Å². The summed E-state index contributed by atoms with van der Waals surface area (Å²) in [7, 11) is 1.92. The Morgan fingerprint density at radius 2 is 2.06 bits per heavy atom.